The minimum atomic E-state index is -5.05. The number of methoxy groups -OCH3 is 1. The van der Waals surface area contributed by atoms with Crippen molar-refractivity contribution in [2.75, 3.05) is 7.11 Å². The van der Waals surface area contributed by atoms with Crippen molar-refractivity contribution in [1.29, 1.82) is 0 Å². The number of nitrogens with zero attached hydrogens (tertiary/aromatic N) is 2. The molecule has 1 unspecified atom stereocenters. The third kappa shape index (κ3) is 4.83. The molecule has 0 aliphatic carbocycles. The highest BCUT2D eigenvalue weighted by atomic mass is 19.4. The van der Waals surface area contributed by atoms with Crippen LogP contribution < -0.4 is 4.74 Å². The predicted octanol–water partition coefficient (Wildman–Crippen LogP) is 5.77. The minimum absolute atomic E-state index is 0.0462. The van der Waals surface area contributed by atoms with Crippen LogP contribution >= 0.6 is 0 Å². The Bertz CT molecular complexity index is 1140. The molecule has 2 aromatic carbocycles. The van der Waals surface area contributed by atoms with Gasteiger partial charge in [0.2, 0.25) is 12.7 Å². The van der Waals surface area contributed by atoms with E-state index in [2.05, 4.69) is 4.99 Å². The summed E-state index contributed by atoms with van der Waals surface area (Å²) < 4.78 is 62.6. The average molecular weight is 465 g/mol. The fourth-order valence-corrected chi connectivity index (χ4v) is 3.97. The SMILES string of the molecule is COc1c(C(C)(C)CC(O)(C=Nc2cccc3c2C=C[N+](=O)C3)C(F)(F)F)ccc(C)c1F. The van der Waals surface area contributed by atoms with Crippen molar-refractivity contribution in [1.82, 2.24) is 0 Å². The van der Waals surface area contributed by atoms with E-state index in [1.165, 1.54) is 58.4 Å². The molecule has 3 rings (SSSR count). The highest BCUT2D eigenvalue weighted by Crippen LogP contribution is 2.44. The quantitative estimate of drug-likeness (QED) is 0.335. The molecule has 5 nitrogen and oxygen atoms in total. The van der Waals surface area contributed by atoms with Crippen LogP contribution in [0.4, 0.5) is 23.2 Å². The first kappa shape index (κ1) is 24.6. The molecule has 0 radical (unpaired) electrons. The van der Waals surface area contributed by atoms with E-state index in [0.29, 0.717) is 22.1 Å². The van der Waals surface area contributed by atoms with Gasteiger partial charge in [-0.2, -0.15) is 13.2 Å². The van der Waals surface area contributed by atoms with Gasteiger partial charge in [0.15, 0.2) is 17.2 Å². The Morgan fingerprint density at radius 2 is 1.91 bits per heavy atom. The Labute approximate surface area is 189 Å². The van der Waals surface area contributed by atoms with Gasteiger partial charge in [-0.05, 0) is 30.4 Å². The molecule has 1 atom stereocenters. The van der Waals surface area contributed by atoms with Crippen LogP contribution in [0.3, 0.4) is 0 Å². The predicted molar refractivity (Wildman–Crippen MR) is 117 cm³/mol. The molecule has 1 aliphatic heterocycles. The molecule has 33 heavy (non-hydrogen) atoms. The first-order valence-electron chi connectivity index (χ1n) is 10.2. The number of hydrogen-bond donors (Lipinski definition) is 1. The van der Waals surface area contributed by atoms with Crippen LogP contribution in [-0.4, -0.2) is 35.0 Å². The zero-order valence-electron chi connectivity index (χ0n) is 18.7. The Kier molecular flexibility index (Phi) is 6.48. The molecule has 1 N–H and O–H groups in total. The normalized spacial score (nSPS) is 16.1. The number of aliphatic imine (C=N–C) groups is 1. The van der Waals surface area contributed by atoms with Crippen LogP contribution in [0.15, 0.2) is 41.5 Å². The fraction of sp³-hybridized carbons (Fsp3) is 0.375. The summed E-state index contributed by atoms with van der Waals surface area (Å²) in [6.07, 6.45) is -2.68. The molecule has 0 fully saturated rings. The Balaban J connectivity index is 2.02. The number of aliphatic hydroxyl groups is 1. The largest absolute Gasteiger partial charge is 0.493 e. The monoisotopic (exact) mass is 465 g/mol. The summed E-state index contributed by atoms with van der Waals surface area (Å²) in [6.45, 7) is 4.51. The summed E-state index contributed by atoms with van der Waals surface area (Å²) in [5.41, 5.74) is -2.86. The molecule has 0 spiro atoms. The standard InChI is InChI=1S/C24H25F4N2O3/c1-15-8-9-18(21(33-4)20(15)25)22(2,3)13-23(31,24(26,27)28)14-29-19-7-5-6-16-12-30(32)11-10-17(16)19/h5-11,14,31H,12-13H2,1-4H3/q+1. The van der Waals surface area contributed by atoms with Crippen molar-refractivity contribution in [3.63, 3.8) is 0 Å². The lowest BCUT2D eigenvalue weighted by Gasteiger charge is -2.36. The minimum Gasteiger partial charge on any atom is -0.493 e. The molecule has 0 saturated heterocycles. The summed E-state index contributed by atoms with van der Waals surface area (Å²) in [5, 5.41) is 10.8. The molecule has 0 saturated carbocycles. The third-order valence-corrected chi connectivity index (χ3v) is 5.75. The molecular formula is C24H25F4N2O3+. The highest BCUT2D eigenvalue weighted by molar-refractivity contribution is 5.77. The summed E-state index contributed by atoms with van der Waals surface area (Å²) >= 11 is 0. The van der Waals surface area contributed by atoms with E-state index >= 15 is 0 Å². The van der Waals surface area contributed by atoms with Crippen LogP contribution in [0.5, 0.6) is 5.75 Å². The van der Waals surface area contributed by atoms with Crippen molar-refractivity contribution >= 4 is 18.0 Å². The second kappa shape index (κ2) is 8.70. The topological polar surface area (TPSA) is 61.9 Å². The maximum atomic E-state index is 14.5. The molecule has 1 aliphatic rings. The molecular weight excluding hydrogens is 440 g/mol. The van der Waals surface area contributed by atoms with Crippen LogP contribution in [0.2, 0.25) is 0 Å². The maximum Gasteiger partial charge on any atom is 0.422 e. The number of fused-ring (bicyclic) bond motifs is 1. The fourth-order valence-electron chi connectivity index (χ4n) is 3.97. The van der Waals surface area contributed by atoms with Crippen molar-refractivity contribution in [3.05, 3.63) is 69.5 Å². The number of hydrogen-bond acceptors (Lipinski definition) is 4. The van der Waals surface area contributed by atoms with E-state index in [4.69, 9.17) is 4.74 Å². The van der Waals surface area contributed by atoms with Crippen LogP contribution in [0, 0.1) is 17.6 Å². The van der Waals surface area contributed by atoms with Crippen molar-refractivity contribution in [3.8, 4) is 5.75 Å². The van der Waals surface area contributed by atoms with Crippen LogP contribution in [0.1, 0.15) is 42.5 Å². The smallest absolute Gasteiger partial charge is 0.422 e. The summed E-state index contributed by atoms with van der Waals surface area (Å²) in [6, 6.07) is 7.71. The zero-order chi connectivity index (χ0) is 24.6. The molecule has 0 aromatic heterocycles. The molecule has 0 amide bonds. The van der Waals surface area contributed by atoms with Gasteiger partial charge in [-0.25, -0.2) is 4.39 Å². The lowest BCUT2D eigenvalue weighted by Crippen LogP contribution is -2.50. The molecule has 1 heterocycles. The number of rotatable bonds is 6. The number of alkyl halides is 3. The van der Waals surface area contributed by atoms with Crippen LogP contribution in [0.25, 0.3) is 6.08 Å². The Morgan fingerprint density at radius 3 is 2.55 bits per heavy atom. The van der Waals surface area contributed by atoms with Gasteiger partial charge in [0.05, 0.1) is 12.8 Å². The number of nitroso groups, excluding NO2 is 1. The van der Waals surface area contributed by atoms with Gasteiger partial charge in [0, 0.05) is 38.6 Å². The van der Waals surface area contributed by atoms with Gasteiger partial charge in [0.1, 0.15) is 0 Å². The zero-order valence-corrected chi connectivity index (χ0v) is 18.7. The van der Waals surface area contributed by atoms with E-state index in [-0.39, 0.29) is 29.1 Å². The van der Waals surface area contributed by atoms with E-state index in [0.717, 1.165) is 0 Å². The number of halogens is 4. The van der Waals surface area contributed by atoms with E-state index in [1.807, 2.05) is 0 Å². The molecule has 176 valence electrons. The third-order valence-electron chi connectivity index (χ3n) is 5.75. The van der Waals surface area contributed by atoms with E-state index in [9.17, 15) is 27.6 Å². The number of aryl methyl sites for hydroxylation is 1. The van der Waals surface area contributed by atoms with Crippen molar-refractivity contribution < 1.29 is 32.2 Å². The Hall–Kier alpha value is -3.07. The van der Waals surface area contributed by atoms with Gasteiger partial charge in [-0.15, -0.1) is 0 Å². The summed E-state index contributed by atoms with van der Waals surface area (Å²) in [4.78, 5) is 15.5. The van der Waals surface area contributed by atoms with E-state index < -0.39 is 29.4 Å². The Morgan fingerprint density at radius 1 is 1.21 bits per heavy atom. The second-order valence-corrected chi connectivity index (χ2v) is 8.76. The van der Waals surface area contributed by atoms with Gasteiger partial charge in [0.25, 0.3) is 0 Å². The summed E-state index contributed by atoms with van der Waals surface area (Å²) in [5.74, 6) is -0.826. The maximum absolute atomic E-state index is 14.5. The van der Waals surface area contributed by atoms with Crippen molar-refractivity contribution in [2.24, 2.45) is 4.99 Å². The lowest BCUT2D eigenvalue weighted by atomic mass is 9.74. The molecule has 0 bridgehead atoms. The van der Waals surface area contributed by atoms with E-state index in [1.54, 1.807) is 12.1 Å². The van der Waals surface area contributed by atoms with Crippen molar-refractivity contribution in [2.45, 2.75) is 50.9 Å². The lowest BCUT2D eigenvalue weighted by molar-refractivity contribution is -0.496. The highest BCUT2D eigenvalue weighted by Gasteiger charge is 2.55. The molecule has 2 aromatic rings. The van der Waals surface area contributed by atoms with Gasteiger partial charge < -0.3 is 9.84 Å². The first-order valence-corrected chi connectivity index (χ1v) is 10.2. The van der Waals surface area contributed by atoms with Gasteiger partial charge >= 0.3 is 6.18 Å². The van der Waals surface area contributed by atoms with Gasteiger partial charge in [-0.1, -0.05) is 38.1 Å². The molecule has 9 heteroatoms. The second-order valence-electron chi connectivity index (χ2n) is 8.76. The number of benzene rings is 2. The first-order chi connectivity index (χ1) is 15.3. The van der Waals surface area contributed by atoms with Gasteiger partial charge in [-0.3, -0.25) is 4.99 Å². The summed E-state index contributed by atoms with van der Waals surface area (Å²) in [7, 11) is 1.24. The average Bonchev–Trinajstić information content (AvgIpc) is 2.72. The van der Waals surface area contributed by atoms with Crippen LogP contribution in [-0.2, 0) is 12.0 Å². The number of ether oxygens (including phenoxy) is 1.